The highest BCUT2D eigenvalue weighted by Gasteiger charge is 2.35. The molecule has 3 aromatic rings. The van der Waals surface area contributed by atoms with Crippen molar-refractivity contribution < 1.29 is 29.0 Å². The zero-order valence-electron chi connectivity index (χ0n) is 21.4. The second kappa shape index (κ2) is 10.3. The van der Waals surface area contributed by atoms with Crippen molar-refractivity contribution in [2.24, 2.45) is 0 Å². The molecule has 0 atom stereocenters. The third kappa shape index (κ3) is 4.66. The van der Waals surface area contributed by atoms with Crippen molar-refractivity contribution in [1.29, 1.82) is 0 Å². The number of hydrogen-bond donors (Lipinski definition) is 2. The highest BCUT2D eigenvalue weighted by atomic mass is 32.1. The van der Waals surface area contributed by atoms with Crippen LogP contribution in [-0.4, -0.2) is 45.1 Å². The van der Waals surface area contributed by atoms with Crippen LogP contribution in [0.5, 0.6) is 0 Å². The highest BCUT2D eigenvalue weighted by Crippen LogP contribution is 2.35. The molecule has 2 N–H and O–H groups in total. The van der Waals surface area contributed by atoms with Crippen LogP contribution in [0.15, 0.2) is 35.9 Å². The minimum atomic E-state index is -1.16. The van der Waals surface area contributed by atoms with E-state index in [0.29, 0.717) is 16.1 Å². The number of carbonyl (C=O) groups is 4. The molecule has 4 rings (SSSR count). The molecule has 0 unspecified atom stereocenters. The fraction of sp³-hybridized carbons (Fsp3) is 0.222. The van der Waals surface area contributed by atoms with Gasteiger partial charge in [0.1, 0.15) is 10.6 Å². The lowest BCUT2D eigenvalue weighted by Crippen LogP contribution is -2.54. The van der Waals surface area contributed by atoms with Gasteiger partial charge in [0.15, 0.2) is 5.11 Å². The third-order valence-electron chi connectivity index (χ3n) is 6.27. The Morgan fingerprint density at radius 3 is 2.53 bits per heavy atom. The number of nitrogens with zero attached hydrogens (tertiary/aromatic N) is 2. The molecular weight excluding hydrogens is 526 g/mol. The summed E-state index contributed by atoms with van der Waals surface area (Å²) in [5, 5.41) is 12.4. The molecule has 1 aromatic carbocycles. The SMILES string of the molecule is CCOC(=O)c1c(-n2c(C)cc(C=C3C(=O)NC(=S)N(c4cccc(C(=O)O)c4)C3=O)c2C)sc(C)c1C. The molecule has 1 aliphatic heterocycles. The van der Waals surface area contributed by atoms with Crippen molar-refractivity contribution in [2.45, 2.75) is 34.6 Å². The monoisotopic (exact) mass is 551 g/mol. The first-order valence-electron chi connectivity index (χ1n) is 11.7. The normalized spacial score (nSPS) is 14.7. The van der Waals surface area contributed by atoms with E-state index in [-0.39, 0.29) is 28.5 Å². The van der Waals surface area contributed by atoms with Gasteiger partial charge in [-0.25, -0.2) is 9.59 Å². The molecule has 38 heavy (non-hydrogen) atoms. The summed E-state index contributed by atoms with van der Waals surface area (Å²) >= 11 is 6.69. The van der Waals surface area contributed by atoms with Crippen LogP contribution in [-0.2, 0) is 14.3 Å². The molecule has 0 radical (unpaired) electrons. The van der Waals surface area contributed by atoms with Gasteiger partial charge in [0.25, 0.3) is 11.8 Å². The Morgan fingerprint density at radius 2 is 1.87 bits per heavy atom. The lowest BCUT2D eigenvalue weighted by atomic mass is 10.1. The Kier molecular flexibility index (Phi) is 7.34. The van der Waals surface area contributed by atoms with Crippen molar-refractivity contribution in [3.8, 4) is 5.00 Å². The molecule has 1 fully saturated rings. The smallest absolute Gasteiger partial charge is 0.341 e. The topological polar surface area (TPSA) is 118 Å². The van der Waals surface area contributed by atoms with E-state index >= 15 is 0 Å². The largest absolute Gasteiger partial charge is 0.478 e. The number of thiocarbonyl (C=S) groups is 1. The molecule has 0 saturated carbocycles. The van der Waals surface area contributed by atoms with Crippen LogP contribution in [0.25, 0.3) is 11.1 Å². The predicted molar refractivity (Wildman–Crippen MR) is 148 cm³/mol. The number of rotatable bonds is 6. The Labute approximate surface area is 228 Å². The molecule has 9 nitrogen and oxygen atoms in total. The van der Waals surface area contributed by atoms with E-state index in [9.17, 15) is 24.3 Å². The van der Waals surface area contributed by atoms with Gasteiger partial charge >= 0.3 is 11.9 Å². The van der Waals surface area contributed by atoms with Gasteiger partial charge in [-0.05, 0) is 88.3 Å². The number of carbonyl (C=O) groups excluding carboxylic acids is 3. The number of aryl methyl sites for hydroxylation is 2. The molecule has 0 aliphatic carbocycles. The Morgan fingerprint density at radius 1 is 1.16 bits per heavy atom. The number of aromatic carboxylic acids is 1. The van der Waals surface area contributed by atoms with Gasteiger partial charge in [0.2, 0.25) is 0 Å². The number of carboxylic acid groups (broad SMARTS) is 1. The predicted octanol–water partition coefficient (Wildman–Crippen LogP) is 4.48. The number of anilines is 1. The van der Waals surface area contributed by atoms with Gasteiger partial charge in [-0.2, -0.15) is 0 Å². The average molecular weight is 552 g/mol. The zero-order chi connectivity index (χ0) is 27.9. The number of carboxylic acids is 1. The van der Waals surface area contributed by atoms with Crippen molar-refractivity contribution >= 4 is 64.2 Å². The number of amides is 2. The van der Waals surface area contributed by atoms with Crippen LogP contribution in [0.2, 0.25) is 0 Å². The molecule has 2 amide bonds. The van der Waals surface area contributed by atoms with Gasteiger partial charge in [-0.3, -0.25) is 19.8 Å². The van der Waals surface area contributed by atoms with Crippen molar-refractivity contribution in [3.05, 3.63) is 74.4 Å². The number of ether oxygens (including phenoxy) is 1. The summed E-state index contributed by atoms with van der Waals surface area (Å²) in [6, 6.07) is 7.56. The Bertz CT molecular complexity index is 1560. The fourth-order valence-corrected chi connectivity index (χ4v) is 5.82. The van der Waals surface area contributed by atoms with E-state index in [0.717, 1.165) is 26.7 Å². The first-order valence-corrected chi connectivity index (χ1v) is 12.9. The van der Waals surface area contributed by atoms with E-state index in [4.69, 9.17) is 17.0 Å². The minimum absolute atomic E-state index is 0.0250. The summed E-state index contributed by atoms with van der Waals surface area (Å²) < 4.78 is 7.21. The number of thiophene rings is 1. The molecule has 2 aromatic heterocycles. The number of nitrogens with one attached hydrogen (secondary N) is 1. The first kappa shape index (κ1) is 27.0. The second-order valence-corrected chi connectivity index (χ2v) is 10.2. The van der Waals surface area contributed by atoms with Crippen LogP contribution < -0.4 is 10.2 Å². The van der Waals surface area contributed by atoms with Gasteiger partial charge < -0.3 is 14.4 Å². The molecule has 196 valence electrons. The van der Waals surface area contributed by atoms with Gasteiger partial charge in [-0.1, -0.05) is 6.07 Å². The lowest BCUT2D eigenvalue weighted by molar-refractivity contribution is -0.122. The molecule has 0 bridgehead atoms. The minimum Gasteiger partial charge on any atom is -0.478 e. The molecule has 0 spiro atoms. The van der Waals surface area contributed by atoms with Crippen LogP contribution in [0.3, 0.4) is 0 Å². The van der Waals surface area contributed by atoms with Crippen LogP contribution in [0, 0.1) is 27.7 Å². The lowest BCUT2D eigenvalue weighted by Gasteiger charge is -2.29. The van der Waals surface area contributed by atoms with Crippen LogP contribution >= 0.6 is 23.6 Å². The van der Waals surface area contributed by atoms with Gasteiger partial charge in [-0.15, -0.1) is 11.3 Å². The first-order chi connectivity index (χ1) is 18.0. The maximum Gasteiger partial charge on any atom is 0.341 e. The van der Waals surface area contributed by atoms with Gasteiger partial charge in [0.05, 0.1) is 23.4 Å². The maximum atomic E-state index is 13.5. The number of benzene rings is 1. The number of hydrogen-bond acceptors (Lipinski definition) is 7. The van der Waals surface area contributed by atoms with Crippen LogP contribution in [0.1, 0.15) is 55.0 Å². The molecule has 11 heteroatoms. The molecule has 1 aliphatic rings. The molecule has 1 saturated heterocycles. The average Bonchev–Trinajstić information content (AvgIpc) is 3.30. The summed E-state index contributed by atoms with van der Waals surface area (Å²) in [6.07, 6.45) is 1.48. The molecule has 3 heterocycles. The van der Waals surface area contributed by atoms with E-state index in [1.165, 1.54) is 41.7 Å². The molecular formula is C27H25N3O6S2. The van der Waals surface area contributed by atoms with E-state index < -0.39 is 23.8 Å². The highest BCUT2D eigenvalue weighted by molar-refractivity contribution is 7.80. The van der Waals surface area contributed by atoms with Crippen molar-refractivity contribution in [2.75, 3.05) is 11.5 Å². The maximum absolute atomic E-state index is 13.5. The Hall–Kier alpha value is -4.09. The van der Waals surface area contributed by atoms with Crippen molar-refractivity contribution in [3.63, 3.8) is 0 Å². The summed E-state index contributed by atoms with van der Waals surface area (Å²) in [6.45, 7) is 9.52. The summed E-state index contributed by atoms with van der Waals surface area (Å²) in [7, 11) is 0. The van der Waals surface area contributed by atoms with Gasteiger partial charge in [0, 0.05) is 16.3 Å². The zero-order valence-corrected chi connectivity index (χ0v) is 23.0. The van der Waals surface area contributed by atoms with Crippen LogP contribution in [0.4, 0.5) is 5.69 Å². The number of esters is 1. The second-order valence-electron chi connectivity index (χ2n) is 8.66. The fourth-order valence-electron chi connectivity index (χ4n) is 4.28. The summed E-state index contributed by atoms with van der Waals surface area (Å²) in [5.74, 6) is -2.91. The summed E-state index contributed by atoms with van der Waals surface area (Å²) in [4.78, 5) is 52.6. The quantitative estimate of drug-likeness (QED) is 0.201. The van der Waals surface area contributed by atoms with E-state index in [1.54, 1.807) is 6.92 Å². The van der Waals surface area contributed by atoms with E-state index in [2.05, 4.69) is 5.32 Å². The van der Waals surface area contributed by atoms with E-state index in [1.807, 2.05) is 38.3 Å². The Balaban J connectivity index is 1.80. The summed E-state index contributed by atoms with van der Waals surface area (Å²) in [5.41, 5.74) is 3.47. The standard InChI is InChI=1S/C27H25N3O6S2/c1-6-36-26(35)21-14(3)16(5)38-24(21)29-13(2)10-18(15(29)4)12-20-22(31)28-27(37)30(23(20)32)19-9-7-8-17(11-19)25(33)34/h7-12H,6H2,1-5H3,(H,33,34)(H,28,31,37). The number of aromatic nitrogens is 1. The third-order valence-corrected chi connectivity index (χ3v) is 7.75. The van der Waals surface area contributed by atoms with Crippen molar-refractivity contribution in [1.82, 2.24) is 9.88 Å².